The lowest BCUT2D eigenvalue weighted by atomic mass is 10.1. The summed E-state index contributed by atoms with van der Waals surface area (Å²) < 4.78 is 15.0. The molecule has 9 heteroatoms. The van der Waals surface area contributed by atoms with Crippen LogP contribution < -0.4 is 5.32 Å². The Morgan fingerprint density at radius 3 is 2.76 bits per heavy atom. The molecule has 1 aromatic carbocycles. The van der Waals surface area contributed by atoms with Crippen molar-refractivity contribution in [2.24, 2.45) is 0 Å². The second kappa shape index (κ2) is 5.52. The molecular weight excluding hydrogens is 279 g/mol. The second-order valence-electron chi connectivity index (χ2n) is 5.50. The molecule has 0 radical (unpaired) electrons. The summed E-state index contributed by atoms with van der Waals surface area (Å²) in [5.41, 5.74) is -0.450. The monoisotopic (exact) mass is 294 g/mol. The van der Waals surface area contributed by atoms with E-state index in [0.717, 1.165) is 22.9 Å². The third kappa shape index (κ3) is 3.57. The highest BCUT2D eigenvalue weighted by Crippen LogP contribution is 2.20. The summed E-state index contributed by atoms with van der Waals surface area (Å²) in [6.45, 7) is 6.21. The van der Waals surface area contributed by atoms with Crippen LogP contribution in [0.4, 0.5) is 10.1 Å². The van der Waals surface area contributed by atoms with Crippen LogP contribution in [0, 0.1) is 15.9 Å². The first kappa shape index (κ1) is 15.0. The van der Waals surface area contributed by atoms with Gasteiger partial charge in [-0.1, -0.05) is 0 Å². The molecule has 1 heterocycles. The highest BCUT2D eigenvalue weighted by molar-refractivity contribution is 5.44. The van der Waals surface area contributed by atoms with Gasteiger partial charge in [-0.05, 0) is 37.3 Å². The average Bonchev–Trinajstić information content (AvgIpc) is 2.84. The largest absolute Gasteiger partial charge is 0.305 e. The fourth-order valence-electron chi connectivity index (χ4n) is 1.62. The third-order valence-electron chi connectivity index (χ3n) is 2.68. The van der Waals surface area contributed by atoms with Crippen molar-refractivity contribution in [1.82, 2.24) is 25.5 Å². The lowest BCUT2D eigenvalue weighted by molar-refractivity contribution is -0.384. The topological polar surface area (TPSA) is 98.8 Å². The molecule has 0 aliphatic heterocycles. The Labute approximate surface area is 120 Å². The van der Waals surface area contributed by atoms with Crippen molar-refractivity contribution < 1.29 is 9.31 Å². The molecule has 0 aliphatic rings. The molecule has 0 aliphatic carbocycles. The molecule has 21 heavy (non-hydrogen) atoms. The van der Waals surface area contributed by atoms with E-state index >= 15 is 0 Å². The molecule has 0 spiro atoms. The number of benzene rings is 1. The predicted octanol–water partition coefficient (Wildman–Crippen LogP) is 1.60. The summed E-state index contributed by atoms with van der Waals surface area (Å²) in [7, 11) is 0. The maximum Gasteiger partial charge on any atom is 0.271 e. The zero-order valence-electron chi connectivity index (χ0n) is 11.9. The predicted molar refractivity (Wildman–Crippen MR) is 72.4 cm³/mol. The quantitative estimate of drug-likeness (QED) is 0.679. The Morgan fingerprint density at radius 2 is 2.14 bits per heavy atom. The summed E-state index contributed by atoms with van der Waals surface area (Å²) in [5, 5.41) is 25.0. The molecule has 8 nitrogen and oxygen atoms in total. The third-order valence-corrected chi connectivity index (χ3v) is 2.68. The van der Waals surface area contributed by atoms with Gasteiger partial charge < -0.3 is 5.32 Å². The first-order chi connectivity index (χ1) is 9.78. The molecule has 0 fully saturated rings. The van der Waals surface area contributed by atoms with Crippen LogP contribution >= 0.6 is 0 Å². The van der Waals surface area contributed by atoms with Gasteiger partial charge in [-0.15, -0.1) is 5.10 Å². The number of non-ortho nitro benzene ring substituents is 1. The lowest BCUT2D eigenvalue weighted by Crippen LogP contribution is -2.36. The van der Waals surface area contributed by atoms with Gasteiger partial charge in [-0.3, -0.25) is 10.1 Å². The normalized spacial score (nSPS) is 11.6. The van der Waals surface area contributed by atoms with Crippen molar-refractivity contribution in [1.29, 1.82) is 0 Å². The van der Waals surface area contributed by atoms with Gasteiger partial charge in [0.2, 0.25) is 0 Å². The van der Waals surface area contributed by atoms with Gasteiger partial charge in [-0.2, -0.15) is 4.68 Å². The maximum atomic E-state index is 13.9. The first-order valence-corrected chi connectivity index (χ1v) is 6.24. The van der Waals surface area contributed by atoms with Gasteiger partial charge in [-0.25, -0.2) is 4.39 Å². The molecule has 2 aromatic rings. The van der Waals surface area contributed by atoms with Crippen LogP contribution in [0.3, 0.4) is 0 Å². The molecule has 112 valence electrons. The number of halogens is 1. The molecule has 0 saturated heterocycles. The second-order valence-corrected chi connectivity index (χ2v) is 5.50. The van der Waals surface area contributed by atoms with Crippen LogP contribution in [0.1, 0.15) is 26.6 Å². The van der Waals surface area contributed by atoms with Crippen LogP contribution in [0.2, 0.25) is 0 Å². The summed E-state index contributed by atoms with van der Waals surface area (Å²) in [6.07, 6.45) is 0. The van der Waals surface area contributed by atoms with Crippen LogP contribution in [-0.4, -0.2) is 30.7 Å². The van der Waals surface area contributed by atoms with Crippen molar-refractivity contribution in [3.63, 3.8) is 0 Å². The van der Waals surface area contributed by atoms with Gasteiger partial charge >= 0.3 is 0 Å². The van der Waals surface area contributed by atoms with Crippen LogP contribution in [0.25, 0.3) is 5.69 Å². The van der Waals surface area contributed by atoms with Crippen LogP contribution in [-0.2, 0) is 6.54 Å². The Kier molecular flexibility index (Phi) is 3.94. The van der Waals surface area contributed by atoms with E-state index in [9.17, 15) is 14.5 Å². The molecule has 0 saturated carbocycles. The Morgan fingerprint density at radius 1 is 1.43 bits per heavy atom. The van der Waals surface area contributed by atoms with E-state index in [0.29, 0.717) is 12.4 Å². The van der Waals surface area contributed by atoms with Crippen LogP contribution in [0.5, 0.6) is 0 Å². The van der Waals surface area contributed by atoms with Crippen molar-refractivity contribution in [2.75, 3.05) is 0 Å². The zero-order chi connectivity index (χ0) is 15.6. The fraction of sp³-hybridized carbons (Fsp3) is 0.417. The SMILES string of the molecule is CC(C)(C)NCc1nnnn1-c1cc([N+](=O)[O-])ccc1F. The molecule has 1 aromatic heterocycles. The highest BCUT2D eigenvalue weighted by atomic mass is 19.1. The van der Waals surface area contributed by atoms with E-state index in [1.54, 1.807) is 0 Å². The highest BCUT2D eigenvalue weighted by Gasteiger charge is 2.18. The van der Waals surface area contributed by atoms with E-state index in [4.69, 9.17) is 0 Å². The van der Waals surface area contributed by atoms with Crippen molar-refractivity contribution in [2.45, 2.75) is 32.9 Å². The minimum Gasteiger partial charge on any atom is -0.305 e. The van der Waals surface area contributed by atoms with Gasteiger partial charge in [0.25, 0.3) is 5.69 Å². The molecular formula is C12H15FN6O2. The average molecular weight is 294 g/mol. The Bertz CT molecular complexity index is 664. The van der Waals surface area contributed by atoms with E-state index in [-0.39, 0.29) is 16.9 Å². The minimum absolute atomic E-state index is 0.0556. The molecule has 0 atom stereocenters. The van der Waals surface area contributed by atoms with Crippen molar-refractivity contribution >= 4 is 5.69 Å². The number of nitrogens with zero attached hydrogens (tertiary/aromatic N) is 5. The van der Waals surface area contributed by atoms with E-state index in [2.05, 4.69) is 20.8 Å². The van der Waals surface area contributed by atoms with Gasteiger partial charge in [0.05, 0.1) is 11.5 Å². The summed E-state index contributed by atoms with van der Waals surface area (Å²) >= 11 is 0. The maximum absolute atomic E-state index is 13.9. The van der Waals surface area contributed by atoms with E-state index < -0.39 is 10.7 Å². The summed E-state index contributed by atoms with van der Waals surface area (Å²) in [4.78, 5) is 10.2. The smallest absolute Gasteiger partial charge is 0.271 e. The number of rotatable bonds is 4. The number of tetrazole rings is 1. The Hall–Kier alpha value is -2.42. The van der Waals surface area contributed by atoms with Crippen molar-refractivity contribution in [3.8, 4) is 5.69 Å². The molecule has 0 unspecified atom stereocenters. The van der Waals surface area contributed by atoms with E-state index in [1.165, 1.54) is 0 Å². The number of aromatic nitrogens is 4. The number of nitrogens with one attached hydrogen (secondary N) is 1. The number of nitro groups is 1. The van der Waals surface area contributed by atoms with Crippen LogP contribution in [0.15, 0.2) is 18.2 Å². The molecule has 0 amide bonds. The first-order valence-electron chi connectivity index (χ1n) is 6.24. The Balaban J connectivity index is 2.37. The number of hydrogen-bond acceptors (Lipinski definition) is 6. The molecule has 1 N–H and O–H groups in total. The number of nitro benzene ring substituents is 1. The lowest BCUT2D eigenvalue weighted by Gasteiger charge is -2.19. The van der Waals surface area contributed by atoms with E-state index in [1.807, 2.05) is 20.8 Å². The fourth-order valence-corrected chi connectivity index (χ4v) is 1.62. The standard InChI is InChI=1S/C12H15FN6O2/c1-12(2,3)14-7-11-15-16-17-18(11)10-6-8(19(20)21)4-5-9(10)13/h4-6,14H,7H2,1-3H3. The summed E-state index contributed by atoms with van der Waals surface area (Å²) in [5.74, 6) is -0.269. The minimum atomic E-state index is -0.634. The molecule has 2 rings (SSSR count). The van der Waals surface area contributed by atoms with Gasteiger partial charge in [0.1, 0.15) is 11.5 Å². The van der Waals surface area contributed by atoms with Gasteiger partial charge in [0.15, 0.2) is 5.82 Å². The number of hydrogen-bond donors (Lipinski definition) is 1. The van der Waals surface area contributed by atoms with Gasteiger partial charge in [0, 0.05) is 17.7 Å². The van der Waals surface area contributed by atoms with Crippen molar-refractivity contribution in [3.05, 3.63) is 40.0 Å². The zero-order valence-corrected chi connectivity index (χ0v) is 11.9. The molecule has 0 bridgehead atoms. The summed E-state index contributed by atoms with van der Waals surface area (Å²) in [6, 6.07) is 3.22.